The van der Waals surface area contributed by atoms with Crippen molar-refractivity contribution in [3.8, 4) is 0 Å². The minimum atomic E-state index is -0.524. The van der Waals surface area contributed by atoms with Crippen LogP contribution in [0.4, 0.5) is 4.39 Å². The summed E-state index contributed by atoms with van der Waals surface area (Å²) in [5.74, 6) is -0.243. The molecule has 1 unspecified atom stereocenters. The molecule has 0 bridgehead atoms. The molecule has 0 saturated carbocycles. The highest BCUT2D eigenvalue weighted by Crippen LogP contribution is 2.12. The third-order valence-corrected chi connectivity index (χ3v) is 2.12. The molecule has 0 radical (unpaired) electrons. The second-order valence-electron chi connectivity index (χ2n) is 3.38. The van der Waals surface area contributed by atoms with Gasteiger partial charge in [-0.3, -0.25) is 0 Å². The van der Waals surface area contributed by atoms with Crippen LogP contribution in [0.2, 0.25) is 0 Å². The Bertz CT molecular complexity index is 299. The molecular formula is C11H15FO2. The van der Waals surface area contributed by atoms with Gasteiger partial charge in [-0.25, -0.2) is 4.39 Å². The van der Waals surface area contributed by atoms with Gasteiger partial charge < -0.3 is 9.84 Å². The lowest BCUT2D eigenvalue weighted by molar-refractivity contribution is 0.0649. The highest BCUT2D eigenvalue weighted by molar-refractivity contribution is 5.27. The standard InChI is InChI=1S/C11H15FO2/c1-8-5-10(12)4-3-9(8)6-11(13)7-14-2/h3-5,11,13H,6-7H2,1-2H3. The molecule has 14 heavy (non-hydrogen) atoms. The smallest absolute Gasteiger partial charge is 0.123 e. The number of ether oxygens (including phenoxy) is 1. The molecule has 2 nitrogen and oxygen atoms in total. The van der Waals surface area contributed by atoms with Crippen LogP contribution in [0.5, 0.6) is 0 Å². The quantitative estimate of drug-likeness (QED) is 0.797. The number of aliphatic hydroxyl groups is 1. The summed E-state index contributed by atoms with van der Waals surface area (Å²) in [6.45, 7) is 2.13. The van der Waals surface area contributed by atoms with E-state index in [0.717, 1.165) is 11.1 Å². The summed E-state index contributed by atoms with van der Waals surface area (Å²) >= 11 is 0. The Kier molecular flexibility index (Phi) is 4.04. The van der Waals surface area contributed by atoms with Crippen LogP contribution in [0.25, 0.3) is 0 Å². The average molecular weight is 198 g/mol. The average Bonchev–Trinajstić information content (AvgIpc) is 2.10. The van der Waals surface area contributed by atoms with E-state index in [9.17, 15) is 9.50 Å². The van der Waals surface area contributed by atoms with Crippen molar-refractivity contribution >= 4 is 0 Å². The van der Waals surface area contributed by atoms with E-state index in [1.807, 2.05) is 6.92 Å². The van der Waals surface area contributed by atoms with Crippen molar-refractivity contribution in [3.05, 3.63) is 35.1 Å². The Morgan fingerprint density at radius 2 is 2.21 bits per heavy atom. The Morgan fingerprint density at radius 3 is 2.79 bits per heavy atom. The molecular weight excluding hydrogens is 183 g/mol. The van der Waals surface area contributed by atoms with Gasteiger partial charge in [-0.05, 0) is 30.2 Å². The second-order valence-corrected chi connectivity index (χ2v) is 3.38. The highest BCUT2D eigenvalue weighted by Gasteiger charge is 2.07. The lowest BCUT2D eigenvalue weighted by atomic mass is 10.0. The zero-order valence-electron chi connectivity index (χ0n) is 8.46. The van der Waals surface area contributed by atoms with Crippen LogP contribution in [-0.4, -0.2) is 24.9 Å². The molecule has 78 valence electrons. The fourth-order valence-corrected chi connectivity index (χ4v) is 1.39. The summed E-state index contributed by atoms with van der Waals surface area (Å²) in [5, 5.41) is 9.48. The normalized spacial score (nSPS) is 12.9. The fourth-order valence-electron chi connectivity index (χ4n) is 1.39. The van der Waals surface area contributed by atoms with Crippen molar-refractivity contribution < 1.29 is 14.2 Å². The van der Waals surface area contributed by atoms with Crippen LogP contribution < -0.4 is 0 Å². The molecule has 3 heteroatoms. The molecule has 0 spiro atoms. The van der Waals surface area contributed by atoms with Crippen molar-refractivity contribution in [1.29, 1.82) is 0 Å². The Morgan fingerprint density at radius 1 is 1.50 bits per heavy atom. The first-order valence-electron chi connectivity index (χ1n) is 4.55. The molecule has 1 N–H and O–H groups in total. The minimum absolute atomic E-state index is 0.243. The summed E-state index contributed by atoms with van der Waals surface area (Å²) < 4.78 is 17.6. The lowest BCUT2D eigenvalue weighted by Crippen LogP contribution is -2.17. The van der Waals surface area contributed by atoms with Gasteiger partial charge in [0.2, 0.25) is 0 Å². The predicted molar refractivity (Wildman–Crippen MR) is 52.7 cm³/mol. The third-order valence-electron chi connectivity index (χ3n) is 2.12. The molecule has 0 saturated heterocycles. The predicted octanol–water partition coefficient (Wildman–Crippen LogP) is 1.68. The molecule has 0 aliphatic carbocycles. The summed E-state index contributed by atoms with van der Waals surface area (Å²) in [6.07, 6.45) is -0.0240. The molecule has 1 aromatic rings. The Labute approximate surface area is 83.3 Å². The molecule has 1 rings (SSSR count). The van der Waals surface area contributed by atoms with Crippen molar-refractivity contribution in [2.75, 3.05) is 13.7 Å². The van der Waals surface area contributed by atoms with Gasteiger partial charge in [0.1, 0.15) is 5.82 Å². The largest absolute Gasteiger partial charge is 0.390 e. The van der Waals surface area contributed by atoms with E-state index in [-0.39, 0.29) is 5.82 Å². The number of benzene rings is 1. The first-order chi connectivity index (χ1) is 6.63. The number of aliphatic hydroxyl groups excluding tert-OH is 1. The number of methoxy groups -OCH3 is 1. The van der Waals surface area contributed by atoms with Crippen LogP contribution in [-0.2, 0) is 11.2 Å². The zero-order chi connectivity index (χ0) is 10.6. The van der Waals surface area contributed by atoms with Gasteiger partial charge in [0.25, 0.3) is 0 Å². The van der Waals surface area contributed by atoms with Gasteiger partial charge in [-0.1, -0.05) is 6.07 Å². The van der Waals surface area contributed by atoms with E-state index in [1.165, 1.54) is 12.1 Å². The molecule has 0 heterocycles. The van der Waals surface area contributed by atoms with Crippen molar-refractivity contribution in [1.82, 2.24) is 0 Å². The van der Waals surface area contributed by atoms with Crippen LogP contribution >= 0.6 is 0 Å². The first kappa shape index (κ1) is 11.1. The number of aryl methyl sites for hydroxylation is 1. The third kappa shape index (κ3) is 3.09. The molecule has 0 aliphatic heterocycles. The summed E-state index contributed by atoms with van der Waals surface area (Å²) in [6, 6.07) is 4.57. The van der Waals surface area contributed by atoms with E-state index in [2.05, 4.69) is 0 Å². The topological polar surface area (TPSA) is 29.5 Å². The van der Waals surface area contributed by atoms with Crippen molar-refractivity contribution in [2.45, 2.75) is 19.4 Å². The number of hydrogen-bond donors (Lipinski definition) is 1. The van der Waals surface area contributed by atoms with Crippen LogP contribution in [0.1, 0.15) is 11.1 Å². The molecule has 0 aromatic heterocycles. The maximum absolute atomic E-state index is 12.7. The van der Waals surface area contributed by atoms with Crippen LogP contribution in [0, 0.1) is 12.7 Å². The fraction of sp³-hybridized carbons (Fsp3) is 0.455. The van der Waals surface area contributed by atoms with E-state index >= 15 is 0 Å². The zero-order valence-corrected chi connectivity index (χ0v) is 8.46. The maximum atomic E-state index is 12.7. The highest BCUT2D eigenvalue weighted by atomic mass is 19.1. The molecule has 0 fully saturated rings. The SMILES string of the molecule is COCC(O)Cc1ccc(F)cc1C. The van der Waals surface area contributed by atoms with Crippen LogP contribution in [0.3, 0.4) is 0 Å². The summed E-state index contributed by atoms with van der Waals surface area (Å²) in [7, 11) is 1.54. The number of halogens is 1. The van der Waals surface area contributed by atoms with Gasteiger partial charge >= 0.3 is 0 Å². The molecule has 1 aromatic carbocycles. The second kappa shape index (κ2) is 5.08. The lowest BCUT2D eigenvalue weighted by Gasteiger charge is -2.11. The number of hydrogen-bond acceptors (Lipinski definition) is 2. The van der Waals surface area contributed by atoms with Gasteiger partial charge in [0, 0.05) is 13.5 Å². The van der Waals surface area contributed by atoms with Gasteiger partial charge in [-0.2, -0.15) is 0 Å². The Hall–Kier alpha value is -0.930. The molecule has 0 amide bonds. The molecule has 0 aliphatic rings. The minimum Gasteiger partial charge on any atom is -0.390 e. The summed E-state index contributed by atoms with van der Waals surface area (Å²) in [4.78, 5) is 0. The van der Waals surface area contributed by atoms with E-state index in [1.54, 1.807) is 13.2 Å². The van der Waals surface area contributed by atoms with Gasteiger partial charge in [0.05, 0.1) is 12.7 Å². The van der Waals surface area contributed by atoms with E-state index < -0.39 is 6.10 Å². The van der Waals surface area contributed by atoms with Crippen molar-refractivity contribution in [2.24, 2.45) is 0 Å². The molecule has 1 atom stereocenters. The first-order valence-corrected chi connectivity index (χ1v) is 4.55. The summed E-state index contributed by atoms with van der Waals surface area (Å²) in [5.41, 5.74) is 1.82. The van der Waals surface area contributed by atoms with E-state index in [0.29, 0.717) is 13.0 Å². The Balaban J connectivity index is 2.67. The van der Waals surface area contributed by atoms with Gasteiger partial charge in [-0.15, -0.1) is 0 Å². The number of rotatable bonds is 4. The van der Waals surface area contributed by atoms with E-state index in [4.69, 9.17) is 4.74 Å². The van der Waals surface area contributed by atoms with Crippen LogP contribution in [0.15, 0.2) is 18.2 Å². The monoisotopic (exact) mass is 198 g/mol. The maximum Gasteiger partial charge on any atom is 0.123 e. The van der Waals surface area contributed by atoms with Gasteiger partial charge in [0.15, 0.2) is 0 Å². The van der Waals surface area contributed by atoms with Crippen molar-refractivity contribution in [3.63, 3.8) is 0 Å².